The molecule has 7 nitrogen and oxygen atoms in total. The van der Waals surface area contributed by atoms with E-state index in [1.165, 1.54) is 0 Å². The number of rotatable bonds is 2. The number of amides is 2. The van der Waals surface area contributed by atoms with Crippen LogP contribution in [0.1, 0.15) is 16.9 Å². The van der Waals surface area contributed by atoms with Crippen LogP contribution in [0.25, 0.3) is 0 Å². The fourth-order valence-electron chi connectivity index (χ4n) is 3.43. The Morgan fingerprint density at radius 2 is 2.27 bits per heavy atom. The molecule has 3 heterocycles. The number of H-pyrrole nitrogens is 1. The maximum atomic E-state index is 12.7. The lowest BCUT2D eigenvalue weighted by atomic mass is 9.91. The van der Waals surface area contributed by atoms with E-state index in [9.17, 15) is 9.59 Å². The van der Waals surface area contributed by atoms with Crippen LogP contribution in [0.2, 0.25) is 0 Å². The van der Waals surface area contributed by atoms with E-state index in [-0.39, 0.29) is 18.4 Å². The van der Waals surface area contributed by atoms with Gasteiger partial charge in [0.1, 0.15) is 11.2 Å². The van der Waals surface area contributed by atoms with Crippen LogP contribution >= 0.6 is 0 Å². The lowest BCUT2D eigenvalue weighted by Crippen LogP contribution is -2.66. The molecular weight excluding hydrogens is 282 g/mol. The number of hydrogen-bond donors (Lipinski definition) is 1. The second kappa shape index (κ2) is 5.46. The molecule has 0 unspecified atom stereocenters. The summed E-state index contributed by atoms with van der Waals surface area (Å²) in [6.45, 7) is 2.37. The summed E-state index contributed by atoms with van der Waals surface area (Å²) in [5.41, 5.74) is -0.217. The number of hydrogen-bond acceptors (Lipinski definition) is 4. The highest BCUT2D eigenvalue weighted by Gasteiger charge is 2.53. The normalized spacial score (nSPS) is 25.7. The molecule has 0 radical (unpaired) electrons. The van der Waals surface area contributed by atoms with Crippen molar-refractivity contribution < 1.29 is 9.59 Å². The van der Waals surface area contributed by atoms with E-state index in [1.807, 2.05) is 4.90 Å². The van der Waals surface area contributed by atoms with Crippen LogP contribution in [0.5, 0.6) is 0 Å². The molecule has 0 bridgehead atoms. The molecule has 3 rings (SSSR count). The predicted molar refractivity (Wildman–Crippen MR) is 78.9 cm³/mol. The molecule has 2 saturated heterocycles. The molecule has 2 amide bonds. The third-order valence-corrected chi connectivity index (χ3v) is 4.68. The molecule has 0 aromatic carbocycles. The monoisotopic (exact) mass is 301 g/mol. The van der Waals surface area contributed by atoms with Crippen LogP contribution in [0, 0.1) is 11.3 Å². The van der Waals surface area contributed by atoms with Crippen LogP contribution in [-0.2, 0) is 4.79 Å². The molecule has 1 aromatic heterocycles. The highest BCUT2D eigenvalue weighted by Crippen LogP contribution is 2.33. The first-order valence-electron chi connectivity index (χ1n) is 7.39. The van der Waals surface area contributed by atoms with Gasteiger partial charge in [-0.1, -0.05) is 0 Å². The van der Waals surface area contributed by atoms with Gasteiger partial charge in [0.15, 0.2) is 0 Å². The van der Waals surface area contributed by atoms with Crippen LogP contribution in [0.4, 0.5) is 0 Å². The standard InChI is InChI=1S/C15H19N5O2/c1-18-9-10-20(8-5-16)15(14(18)22)4-7-19(11-15)13(21)12-3-2-6-17-12/h2-3,6,17H,4,7-11H2,1H3/t15-/m0/s1. The second-order valence-corrected chi connectivity index (χ2v) is 5.90. The molecule has 1 spiro atoms. The Morgan fingerprint density at radius 3 is 2.95 bits per heavy atom. The number of piperazine rings is 1. The number of aromatic nitrogens is 1. The van der Waals surface area contributed by atoms with E-state index in [0.29, 0.717) is 38.3 Å². The van der Waals surface area contributed by atoms with Gasteiger partial charge in [-0.2, -0.15) is 5.26 Å². The van der Waals surface area contributed by atoms with Gasteiger partial charge in [-0.3, -0.25) is 14.5 Å². The fourth-order valence-corrected chi connectivity index (χ4v) is 3.43. The number of likely N-dealkylation sites (N-methyl/N-ethyl adjacent to an activating group) is 1. The molecule has 2 fully saturated rings. The number of nitriles is 1. The van der Waals surface area contributed by atoms with E-state index >= 15 is 0 Å². The first-order valence-corrected chi connectivity index (χ1v) is 7.39. The Kier molecular flexibility index (Phi) is 3.62. The van der Waals surface area contributed by atoms with Crippen molar-refractivity contribution in [3.8, 4) is 6.07 Å². The molecule has 2 aliphatic heterocycles. The van der Waals surface area contributed by atoms with Crippen molar-refractivity contribution in [2.24, 2.45) is 0 Å². The van der Waals surface area contributed by atoms with E-state index in [0.717, 1.165) is 0 Å². The van der Waals surface area contributed by atoms with Crippen molar-refractivity contribution in [3.63, 3.8) is 0 Å². The smallest absolute Gasteiger partial charge is 0.270 e. The maximum Gasteiger partial charge on any atom is 0.270 e. The van der Waals surface area contributed by atoms with E-state index in [1.54, 1.807) is 35.2 Å². The fraction of sp³-hybridized carbons (Fsp3) is 0.533. The lowest BCUT2D eigenvalue weighted by Gasteiger charge is -2.45. The number of carbonyl (C=O) groups is 2. The predicted octanol–water partition coefficient (Wildman–Crippen LogP) is -0.103. The molecule has 1 N–H and O–H groups in total. The third kappa shape index (κ3) is 2.16. The molecule has 0 saturated carbocycles. The van der Waals surface area contributed by atoms with Gasteiger partial charge in [-0.15, -0.1) is 0 Å². The lowest BCUT2D eigenvalue weighted by molar-refractivity contribution is -0.148. The van der Waals surface area contributed by atoms with E-state index < -0.39 is 5.54 Å². The van der Waals surface area contributed by atoms with Gasteiger partial charge in [-0.05, 0) is 18.6 Å². The van der Waals surface area contributed by atoms with Gasteiger partial charge in [-0.25, -0.2) is 0 Å². The molecule has 0 aliphatic carbocycles. The minimum Gasteiger partial charge on any atom is -0.357 e. The van der Waals surface area contributed by atoms with Crippen LogP contribution in [-0.4, -0.2) is 76.8 Å². The van der Waals surface area contributed by atoms with Crippen molar-refractivity contribution in [3.05, 3.63) is 24.0 Å². The average Bonchev–Trinajstić information content (AvgIpc) is 3.18. The Hall–Kier alpha value is -2.33. The molecule has 116 valence electrons. The van der Waals surface area contributed by atoms with Gasteiger partial charge in [0.25, 0.3) is 5.91 Å². The molecular formula is C15H19N5O2. The second-order valence-electron chi connectivity index (χ2n) is 5.90. The molecule has 2 aliphatic rings. The molecule has 1 atom stereocenters. The minimum atomic E-state index is -0.745. The summed E-state index contributed by atoms with van der Waals surface area (Å²) in [7, 11) is 1.78. The quantitative estimate of drug-likeness (QED) is 0.773. The molecule has 7 heteroatoms. The van der Waals surface area contributed by atoms with Crippen molar-refractivity contribution in [1.82, 2.24) is 19.7 Å². The number of likely N-dealkylation sites (tertiary alicyclic amines) is 1. The van der Waals surface area contributed by atoms with Crippen molar-refractivity contribution in [2.45, 2.75) is 12.0 Å². The van der Waals surface area contributed by atoms with E-state index in [2.05, 4.69) is 11.1 Å². The van der Waals surface area contributed by atoms with Gasteiger partial charge >= 0.3 is 0 Å². The van der Waals surface area contributed by atoms with E-state index in [4.69, 9.17) is 5.26 Å². The number of nitrogens with one attached hydrogen (secondary N) is 1. The Balaban J connectivity index is 1.84. The molecule has 1 aromatic rings. The Bertz CT molecular complexity index is 620. The zero-order valence-electron chi connectivity index (χ0n) is 12.6. The summed E-state index contributed by atoms with van der Waals surface area (Å²) < 4.78 is 0. The summed E-state index contributed by atoms with van der Waals surface area (Å²) in [4.78, 5) is 33.4. The van der Waals surface area contributed by atoms with Gasteiger partial charge in [0.2, 0.25) is 5.91 Å². The number of aromatic amines is 1. The third-order valence-electron chi connectivity index (χ3n) is 4.68. The van der Waals surface area contributed by atoms with Crippen LogP contribution in [0.3, 0.4) is 0 Å². The molecule has 22 heavy (non-hydrogen) atoms. The SMILES string of the molecule is CN1CCN(CC#N)[C@]2(CCN(C(=O)c3ccc[nH]3)C2)C1=O. The van der Waals surface area contributed by atoms with Gasteiger partial charge in [0.05, 0.1) is 12.6 Å². The first kappa shape index (κ1) is 14.6. The largest absolute Gasteiger partial charge is 0.357 e. The Morgan fingerprint density at radius 1 is 1.45 bits per heavy atom. The first-order chi connectivity index (χ1) is 10.6. The Labute approximate surface area is 129 Å². The summed E-state index contributed by atoms with van der Waals surface area (Å²) in [5, 5.41) is 9.04. The highest BCUT2D eigenvalue weighted by molar-refractivity contribution is 5.95. The van der Waals surface area contributed by atoms with Crippen LogP contribution < -0.4 is 0 Å². The van der Waals surface area contributed by atoms with Crippen molar-refractivity contribution in [1.29, 1.82) is 5.26 Å². The average molecular weight is 301 g/mol. The number of nitrogens with zero attached hydrogens (tertiary/aromatic N) is 4. The van der Waals surface area contributed by atoms with Crippen LogP contribution in [0.15, 0.2) is 18.3 Å². The zero-order valence-corrected chi connectivity index (χ0v) is 12.6. The zero-order chi connectivity index (χ0) is 15.7. The summed E-state index contributed by atoms with van der Waals surface area (Å²) in [6.07, 6.45) is 2.28. The number of carbonyl (C=O) groups excluding carboxylic acids is 2. The summed E-state index contributed by atoms with van der Waals surface area (Å²) in [5.74, 6) is -0.0874. The minimum absolute atomic E-state index is 0.00999. The van der Waals surface area contributed by atoms with Crippen molar-refractivity contribution >= 4 is 11.8 Å². The topological polar surface area (TPSA) is 83.4 Å². The van der Waals surface area contributed by atoms with Gasteiger partial charge < -0.3 is 14.8 Å². The van der Waals surface area contributed by atoms with Crippen molar-refractivity contribution in [2.75, 3.05) is 39.8 Å². The highest BCUT2D eigenvalue weighted by atomic mass is 16.2. The van der Waals surface area contributed by atoms with Gasteiger partial charge in [0, 0.05) is 39.4 Å². The summed E-state index contributed by atoms with van der Waals surface area (Å²) in [6, 6.07) is 5.65. The summed E-state index contributed by atoms with van der Waals surface area (Å²) >= 11 is 0. The maximum absolute atomic E-state index is 12.7.